The molecule has 2 nitrogen and oxygen atoms in total. The van der Waals surface area contributed by atoms with Crippen molar-refractivity contribution in [3.05, 3.63) is 0 Å². The highest BCUT2D eigenvalue weighted by Gasteiger charge is 2.55. The van der Waals surface area contributed by atoms with E-state index in [4.69, 9.17) is 4.74 Å². The molecule has 15 heavy (non-hydrogen) atoms. The molecule has 1 heterocycles. The van der Waals surface area contributed by atoms with Crippen LogP contribution in [0, 0.1) is 23.7 Å². The van der Waals surface area contributed by atoms with E-state index in [1.807, 2.05) is 0 Å². The number of aliphatic hydroxyl groups is 1. The minimum Gasteiger partial charge on any atom is -0.393 e. The molecule has 0 amide bonds. The lowest BCUT2D eigenvalue weighted by molar-refractivity contribution is 0.0357. The molecule has 2 aliphatic carbocycles. The maximum Gasteiger partial charge on any atom is 0.0576 e. The van der Waals surface area contributed by atoms with Crippen LogP contribution in [0.3, 0.4) is 0 Å². The SMILES string of the molecule is OC(CC1CCOCC1)C1C2CCCC21. The summed E-state index contributed by atoms with van der Waals surface area (Å²) in [7, 11) is 0. The van der Waals surface area contributed by atoms with E-state index in [9.17, 15) is 5.11 Å². The van der Waals surface area contributed by atoms with Gasteiger partial charge in [-0.05, 0) is 55.8 Å². The quantitative estimate of drug-likeness (QED) is 0.774. The number of hydrogen-bond acceptors (Lipinski definition) is 2. The standard InChI is InChI=1S/C13H22O2/c14-12(8-9-4-6-15-7-5-9)13-10-2-1-3-11(10)13/h9-14H,1-8H2. The van der Waals surface area contributed by atoms with Crippen LogP contribution in [0.25, 0.3) is 0 Å². The molecule has 0 aromatic rings. The normalized spacial score (nSPS) is 42.6. The van der Waals surface area contributed by atoms with Gasteiger partial charge in [0, 0.05) is 13.2 Å². The summed E-state index contributed by atoms with van der Waals surface area (Å²) in [5, 5.41) is 10.2. The Morgan fingerprint density at radius 3 is 2.40 bits per heavy atom. The number of hydrogen-bond donors (Lipinski definition) is 1. The van der Waals surface area contributed by atoms with Gasteiger partial charge in [-0.2, -0.15) is 0 Å². The molecule has 1 aliphatic heterocycles. The second-order valence-corrected chi connectivity index (χ2v) is 5.69. The molecule has 3 rings (SSSR count). The molecule has 0 aromatic carbocycles. The van der Waals surface area contributed by atoms with Gasteiger partial charge in [0.2, 0.25) is 0 Å². The van der Waals surface area contributed by atoms with Crippen LogP contribution in [0.1, 0.15) is 38.5 Å². The molecule has 3 aliphatic rings. The summed E-state index contributed by atoms with van der Waals surface area (Å²) in [5.41, 5.74) is 0. The first-order valence-electron chi connectivity index (χ1n) is 6.62. The second-order valence-electron chi connectivity index (χ2n) is 5.69. The highest BCUT2D eigenvalue weighted by Crippen LogP contribution is 2.59. The van der Waals surface area contributed by atoms with Crippen LogP contribution >= 0.6 is 0 Å². The smallest absolute Gasteiger partial charge is 0.0576 e. The van der Waals surface area contributed by atoms with Gasteiger partial charge in [0.15, 0.2) is 0 Å². The first-order valence-corrected chi connectivity index (χ1v) is 6.62. The Balaban J connectivity index is 1.47. The third-order valence-electron chi connectivity index (χ3n) is 4.83. The molecule has 2 heteroatoms. The monoisotopic (exact) mass is 210 g/mol. The van der Waals surface area contributed by atoms with E-state index in [0.717, 1.165) is 37.4 Å². The summed E-state index contributed by atoms with van der Waals surface area (Å²) < 4.78 is 5.35. The van der Waals surface area contributed by atoms with E-state index in [0.29, 0.717) is 5.92 Å². The van der Waals surface area contributed by atoms with E-state index in [1.165, 1.54) is 32.1 Å². The van der Waals surface area contributed by atoms with Crippen LogP contribution in [0.2, 0.25) is 0 Å². The van der Waals surface area contributed by atoms with Gasteiger partial charge in [-0.1, -0.05) is 6.42 Å². The lowest BCUT2D eigenvalue weighted by atomic mass is 9.90. The third kappa shape index (κ3) is 1.94. The molecule has 1 saturated heterocycles. The number of aliphatic hydroxyl groups excluding tert-OH is 1. The molecule has 0 aromatic heterocycles. The van der Waals surface area contributed by atoms with E-state index in [1.54, 1.807) is 0 Å². The Morgan fingerprint density at radius 2 is 1.73 bits per heavy atom. The van der Waals surface area contributed by atoms with Gasteiger partial charge in [-0.3, -0.25) is 0 Å². The predicted molar refractivity (Wildman–Crippen MR) is 58.5 cm³/mol. The van der Waals surface area contributed by atoms with Crippen molar-refractivity contribution < 1.29 is 9.84 Å². The summed E-state index contributed by atoms with van der Waals surface area (Å²) in [6, 6.07) is 0. The van der Waals surface area contributed by atoms with Crippen molar-refractivity contribution in [3.8, 4) is 0 Å². The van der Waals surface area contributed by atoms with E-state index in [2.05, 4.69) is 0 Å². The molecule has 3 unspecified atom stereocenters. The van der Waals surface area contributed by atoms with Crippen molar-refractivity contribution in [1.82, 2.24) is 0 Å². The molecule has 0 radical (unpaired) electrons. The van der Waals surface area contributed by atoms with Crippen LogP contribution in [-0.2, 0) is 4.74 Å². The van der Waals surface area contributed by atoms with Crippen LogP contribution in [0.15, 0.2) is 0 Å². The minimum absolute atomic E-state index is 0.00315. The fraction of sp³-hybridized carbons (Fsp3) is 1.00. The number of rotatable bonds is 3. The molecule has 1 N–H and O–H groups in total. The van der Waals surface area contributed by atoms with Crippen molar-refractivity contribution in [2.24, 2.45) is 23.7 Å². The zero-order chi connectivity index (χ0) is 10.3. The predicted octanol–water partition coefficient (Wildman–Crippen LogP) is 2.21. The van der Waals surface area contributed by atoms with Gasteiger partial charge in [0.25, 0.3) is 0 Å². The van der Waals surface area contributed by atoms with E-state index in [-0.39, 0.29) is 6.10 Å². The Bertz CT molecular complexity index is 213. The molecular formula is C13H22O2. The molecule has 86 valence electrons. The van der Waals surface area contributed by atoms with Gasteiger partial charge < -0.3 is 9.84 Å². The summed E-state index contributed by atoms with van der Waals surface area (Å²) in [4.78, 5) is 0. The molecule has 2 saturated carbocycles. The van der Waals surface area contributed by atoms with Crippen molar-refractivity contribution >= 4 is 0 Å². The number of fused-ring (bicyclic) bond motifs is 1. The average molecular weight is 210 g/mol. The highest BCUT2D eigenvalue weighted by atomic mass is 16.5. The van der Waals surface area contributed by atoms with Gasteiger partial charge in [0.05, 0.1) is 6.10 Å². The largest absolute Gasteiger partial charge is 0.393 e. The van der Waals surface area contributed by atoms with Crippen LogP contribution in [0.5, 0.6) is 0 Å². The van der Waals surface area contributed by atoms with Gasteiger partial charge in [-0.25, -0.2) is 0 Å². The summed E-state index contributed by atoms with van der Waals surface area (Å²) in [5.74, 6) is 3.22. The maximum absolute atomic E-state index is 10.2. The topological polar surface area (TPSA) is 29.5 Å². The third-order valence-corrected chi connectivity index (χ3v) is 4.83. The zero-order valence-electron chi connectivity index (χ0n) is 9.40. The summed E-state index contributed by atoms with van der Waals surface area (Å²) in [6.07, 6.45) is 7.57. The maximum atomic E-state index is 10.2. The van der Waals surface area contributed by atoms with E-state index >= 15 is 0 Å². The Labute approximate surface area is 92.0 Å². The van der Waals surface area contributed by atoms with E-state index < -0.39 is 0 Å². The van der Waals surface area contributed by atoms with Crippen molar-refractivity contribution in [2.45, 2.75) is 44.6 Å². The second kappa shape index (κ2) is 4.06. The molecule has 0 bridgehead atoms. The Morgan fingerprint density at radius 1 is 1.07 bits per heavy atom. The minimum atomic E-state index is 0.00315. The van der Waals surface area contributed by atoms with Crippen LogP contribution < -0.4 is 0 Å². The molecule has 3 fully saturated rings. The molecule has 0 spiro atoms. The molecular weight excluding hydrogens is 188 g/mol. The van der Waals surface area contributed by atoms with Crippen LogP contribution in [-0.4, -0.2) is 24.4 Å². The summed E-state index contributed by atoms with van der Waals surface area (Å²) in [6.45, 7) is 1.82. The highest BCUT2D eigenvalue weighted by molar-refractivity contribution is 5.04. The van der Waals surface area contributed by atoms with Gasteiger partial charge in [-0.15, -0.1) is 0 Å². The first kappa shape index (κ1) is 10.1. The summed E-state index contributed by atoms with van der Waals surface area (Å²) >= 11 is 0. The average Bonchev–Trinajstić information content (AvgIpc) is 2.75. The van der Waals surface area contributed by atoms with Gasteiger partial charge >= 0.3 is 0 Å². The lowest BCUT2D eigenvalue weighted by Crippen LogP contribution is -2.23. The van der Waals surface area contributed by atoms with Crippen molar-refractivity contribution in [2.75, 3.05) is 13.2 Å². The Kier molecular flexibility index (Phi) is 2.73. The van der Waals surface area contributed by atoms with Crippen molar-refractivity contribution in [1.29, 1.82) is 0 Å². The Hall–Kier alpha value is -0.0800. The fourth-order valence-corrected chi connectivity index (χ4v) is 3.93. The fourth-order valence-electron chi connectivity index (χ4n) is 3.93. The number of ether oxygens (including phenoxy) is 1. The van der Waals surface area contributed by atoms with Gasteiger partial charge in [0.1, 0.15) is 0 Å². The first-order chi connectivity index (χ1) is 7.36. The van der Waals surface area contributed by atoms with Crippen molar-refractivity contribution in [3.63, 3.8) is 0 Å². The lowest BCUT2D eigenvalue weighted by Gasteiger charge is -2.24. The molecule has 3 atom stereocenters. The van der Waals surface area contributed by atoms with Crippen LogP contribution in [0.4, 0.5) is 0 Å². The zero-order valence-corrected chi connectivity index (χ0v) is 9.40.